The number of rotatable bonds is 2. The van der Waals surface area contributed by atoms with E-state index in [0.29, 0.717) is 0 Å². The Morgan fingerprint density at radius 2 is 1.77 bits per heavy atom. The van der Waals surface area contributed by atoms with Gasteiger partial charge in [-0.15, -0.1) is 5.10 Å². The van der Waals surface area contributed by atoms with Crippen molar-refractivity contribution in [2.24, 2.45) is 0 Å². The van der Waals surface area contributed by atoms with E-state index in [4.69, 9.17) is 9.97 Å². The summed E-state index contributed by atoms with van der Waals surface area (Å²) in [5.74, 6) is 1.64. The zero-order chi connectivity index (χ0) is 15.1. The summed E-state index contributed by atoms with van der Waals surface area (Å²) in [5, 5.41) is 5.68. The van der Waals surface area contributed by atoms with Gasteiger partial charge in [-0.05, 0) is 24.3 Å². The normalized spacial score (nSPS) is 11.4. The summed E-state index contributed by atoms with van der Waals surface area (Å²) in [6, 6.07) is 16.1. The van der Waals surface area contributed by atoms with Crippen LogP contribution in [-0.4, -0.2) is 19.6 Å². The van der Waals surface area contributed by atoms with Gasteiger partial charge in [0.15, 0.2) is 11.5 Å². The summed E-state index contributed by atoms with van der Waals surface area (Å²) in [6.07, 6.45) is 0.810. The number of nitrogens with zero attached hydrogens (tertiary/aromatic N) is 4. The average molecular weight is 353 g/mol. The number of hydrogen-bond donors (Lipinski definition) is 0. The van der Waals surface area contributed by atoms with Crippen molar-refractivity contribution in [3.8, 4) is 11.4 Å². The quantitative estimate of drug-likeness (QED) is 0.541. The average Bonchev–Trinajstić information content (AvgIpc) is 3.00. The minimum Gasteiger partial charge on any atom is -0.233 e. The van der Waals surface area contributed by atoms with Crippen molar-refractivity contribution in [2.75, 3.05) is 0 Å². The molecule has 0 unspecified atom stereocenters. The first kappa shape index (κ1) is 13.4. The fourth-order valence-corrected chi connectivity index (χ4v) is 2.83. The zero-order valence-corrected chi connectivity index (χ0v) is 13.6. The lowest BCUT2D eigenvalue weighted by Gasteiger charge is -2.03. The lowest BCUT2D eigenvalue weighted by molar-refractivity contribution is 0.826. The van der Waals surface area contributed by atoms with E-state index < -0.39 is 0 Å². The smallest absolute Gasteiger partial charge is 0.182 e. The number of hydrogen-bond acceptors (Lipinski definition) is 3. The molecule has 4 nitrogen and oxygen atoms in total. The molecule has 5 heteroatoms. The van der Waals surface area contributed by atoms with Crippen LogP contribution in [0.4, 0.5) is 0 Å². The molecule has 108 valence electrons. The number of benzene rings is 2. The topological polar surface area (TPSA) is 43.1 Å². The second-order valence-electron chi connectivity index (χ2n) is 5.08. The fraction of sp³-hybridized carbons (Fsp3) is 0.118. The highest BCUT2D eigenvalue weighted by Crippen LogP contribution is 2.23. The Hall–Kier alpha value is -2.27. The maximum absolute atomic E-state index is 4.75. The third kappa shape index (κ3) is 2.09. The zero-order valence-electron chi connectivity index (χ0n) is 12.0. The van der Waals surface area contributed by atoms with Crippen LogP contribution in [0.3, 0.4) is 0 Å². The number of aryl methyl sites for hydroxylation is 1. The minimum atomic E-state index is 0.723. The van der Waals surface area contributed by atoms with Crippen LogP contribution in [0.1, 0.15) is 12.7 Å². The molecule has 4 aromatic rings. The lowest BCUT2D eigenvalue weighted by Crippen LogP contribution is -2.02. The van der Waals surface area contributed by atoms with Gasteiger partial charge in [-0.25, -0.2) is 9.97 Å². The van der Waals surface area contributed by atoms with Crippen molar-refractivity contribution in [1.29, 1.82) is 0 Å². The van der Waals surface area contributed by atoms with Gasteiger partial charge in [0.2, 0.25) is 0 Å². The Morgan fingerprint density at radius 3 is 2.55 bits per heavy atom. The Labute approximate surface area is 136 Å². The van der Waals surface area contributed by atoms with Gasteiger partial charge in [-0.2, -0.15) is 4.52 Å². The van der Waals surface area contributed by atoms with Gasteiger partial charge in [0, 0.05) is 21.8 Å². The van der Waals surface area contributed by atoms with Gasteiger partial charge < -0.3 is 0 Å². The molecule has 0 saturated heterocycles. The summed E-state index contributed by atoms with van der Waals surface area (Å²) < 4.78 is 2.90. The molecule has 0 saturated carbocycles. The van der Waals surface area contributed by atoms with E-state index in [-0.39, 0.29) is 0 Å². The van der Waals surface area contributed by atoms with E-state index in [1.165, 1.54) is 0 Å². The van der Waals surface area contributed by atoms with Crippen LogP contribution in [-0.2, 0) is 6.42 Å². The summed E-state index contributed by atoms with van der Waals surface area (Å²) in [4.78, 5) is 9.44. The largest absolute Gasteiger partial charge is 0.233 e. The van der Waals surface area contributed by atoms with Crippen LogP contribution in [0.15, 0.2) is 53.0 Å². The van der Waals surface area contributed by atoms with Crippen LogP contribution >= 0.6 is 15.9 Å². The standard InChI is InChI=1S/C17H13BrN4/c1-2-15-19-14-6-4-3-5-13(14)17-20-16(21-22(15)17)11-7-9-12(18)10-8-11/h3-10H,2H2,1H3. The van der Waals surface area contributed by atoms with Crippen LogP contribution < -0.4 is 0 Å². The van der Waals surface area contributed by atoms with Crippen LogP contribution in [0.25, 0.3) is 27.9 Å². The molecule has 0 bridgehead atoms. The molecule has 0 spiro atoms. The van der Waals surface area contributed by atoms with Gasteiger partial charge >= 0.3 is 0 Å². The first-order valence-corrected chi connectivity index (χ1v) is 7.96. The van der Waals surface area contributed by atoms with Crippen molar-refractivity contribution in [1.82, 2.24) is 19.6 Å². The van der Waals surface area contributed by atoms with Crippen molar-refractivity contribution >= 4 is 32.5 Å². The molecule has 0 aliphatic rings. The fourth-order valence-electron chi connectivity index (χ4n) is 2.56. The Morgan fingerprint density at radius 1 is 1.00 bits per heavy atom. The van der Waals surface area contributed by atoms with E-state index in [1.54, 1.807) is 0 Å². The predicted molar refractivity (Wildman–Crippen MR) is 90.8 cm³/mol. The Bertz CT molecular complexity index is 973. The second kappa shape index (κ2) is 5.18. The molecule has 0 amide bonds. The maximum Gasteiger partial charge on any atom is 0.182 e. The van der Waals surface area contributed by atoms with Gasteiger partial charge in [-0.3, -0.25) is 0 Å². The van der Waals surface area contributed by atoms with E-state index in [0.717, 1.165) is 44.7 Å². The van der Waals surface area contributed by atoms with Crippen molar-refractivity contribution in [3.63, 3.8) is 0 Å². The van der Waals surface area contributed by atoms with E-state index in [1.807, 2.05) is 53.0 Å². The van der Waals surface area contributed by atoms with Crippen LogP contribution in [0, 0.1) is 0 Å². The SMILES string of the molecule is CCc1nc2ccccc2c2nc(-c3ccc(Br)cc3)nn12. The van der Waals surface area contributed by atoms with E-state index in [9.17, 15) is 0 Å². The monoisotopic (exact) mass is 352 g/mol. The third-order valence-electron chi connectivity index (χ3n) is 3.66. The van der Waals surface area contributed by atoms with E-state index >= 15 is 0 Å². The number of para-hydroxylation sites is 1. The predicted octanol–water partition coefficient (Wildman–Crippen LogP) is 4.27. The highest BCUT2D eigenvalue weighted by molar-refractivity contribution is 9.10. The third-order valence-corrected chi connectivity index (χ3v) is 4.19. The van der Waals surface area contributed by atoms with Crippen molar-refractivity contribution in [3.05, 3.63) is 58.8 Å². The van der Waals surface area contributed by atoms with Crippen LogP contribution in [0.5, 0.6) is 0 Å². The molecule has 0 atom stereocenters. The molecule has 0 radical (unpaired) electrons. The second-order valence-corrected chi connectivity index (χ2v) is 5.99. The Kier molecular flexibility index (Phi) is 3.15. The first-order chi connectivity index (χ1) is 10.8. The molecule has 0 aliphatic carbocycles. The summed E-state index contributed by atoms with van der Waals surface area (Å²) in [6.45, 7) is 2.08. The molecule has 22 heavy (non-hydrogen) atoms. The van der Waals surface area contributed by atoms with Crippen molar-refractivity contribution in [2.45, 2.75) is 13.3 Å². The molecule has 0 fully saturated rings. The molecular weight excluding hydrogens is 340 g/mol. The number of halogens is 1. The number of fused-ring (bicyclic) bond motifs is 3. The summed E-state index contributed by atoms with van der Waals surface area (Å²) in [5.41, 5.74) is 2.82. The van der Waals surface area contributed by atoms with Gasteiger partial charge in [0.1, 0.15) is 5.82 Å². The molecule has 2 aromatic carbocycles. The summed E-state index contributed by atoms with van der Waals surface area (Å²) in [7, 11) is 0. The molecule has 2 aromatic heterocycles. The van der Waals surface area contributed by atoms with Gasteiger partial charge in [-0.1, -0.05) is 47.1 Å². The number of aromatic nitrogens is 4. The van der Waals surface area contributed by atoms with Crippen molar-refractivity contribution < 1.29 is 0 Å². The molecular formula is C17H13BrN4. The van der Waals surface area contributed by atoms with Gasteiger partial charge in [0.25, 0.3) is 0 Å². The maximum atomic E-state index is 4.75. The van der Waals surface area contributed by atoms with Gasteiger partial charge in [0.05, 0.1) is 5.52 Å². The highest BCUT2D eigenvalue weighted by Gasteiger charge is 2.13. The minimum absolute atomic E-state index is 0.723. The lowest BCUT2D eigenvalue weighted by atomic mass is 10.2. The first-order valence-electron chi connectivity index (χ1n) is 7.16. The highest BCUT2D eigenvalue weighted by atomic mass is 79.9. The molecule has 0 aliphatic heterocycles. The molecule has 2 heterocycles. The molecule has 4 rings (SSSR count). The molecule has 0 N–H and O–H groups in total. The summed E-state index contributed by atoms with van der Waals surface area (Å²) >= 11 is 3.45. The van der Waals surface area contributed by atoms with E-state index in [2.05, 4.69) is 28.0 Å². The Balaban J connectivity index is 2.03. The van der Waals surface area contributed by atoms with Crippen LogP contribution in [0.2, 0.25) is 0 Å².